The molecule has 0 fully saturated rings. The molecule has 0 aliphatic heterocycles. The molecule has 2 heterocycles. The number of rotatable bonds is 6. The van der Waals surface area contributed by atoms with Crippen LogP contribution < -0.4 is 4.72 Å². The highest BCUT2D eigenvalue weighted by atomic mass is 32.2. The van der Waals surface area contributed by atoms with E-state index in [0.29, 0.717) is 5.69 Å². The monoisotopic (exact) mass is 441 g/mol. The summed E-state index contributed by atoms with van der Waals surface area (Å²) in [6, 6.07) is 23.8. The second-order valence-corrected chi connectivity index (χ2v) is 8.79. The maximum atomic E-state index is 12.9. The molecule has 3 aromatic carbocycles. The number of fused-ring (bicyclic) bond motifs is 1. The molecule has 32 heavy (non-hydrogen) atoms. The molecule has 0 spiro atoms. The van der Waals surface area contributed by atoms with E-state index in [9.17, 15) is 8.42 Å². The van der Waals surface area contributed by atoms with Gasteiger partial charge in [0.25, 0.3) is 10.0 Å². The number of hydrogen-bond acceptors (Lipinski definition) is 4. The lowest BCUT2D eigenvalue weighted by Crippen LogP contribution is -2.16. The first-order valence-corrected chi connectivity index (χ1v) is 11.4. The Kier molecular flexibility index (Phi) is 5.04. The molecule has 0 bridgehead atoms. The largest absolute Gasteiger partial charge is 0.361 e. The van der Waals surface area contributed by atoms with Crippen molar-refractivity contribution in [3.05, 3.63) is 103 Å². The predicted molar refractivity (Wildman–Crippen MR) is 126 cm³/mol. The van der Waals surface area contributed by atoms with E-state index >= 15 is 0 Å². The zero-order valence-electron chi connectivity index (χ0n) is 16.9. The van der Waals surface area contributed by atoms with Crippen LogP contribution in [0.2, 0.25) is 0 Å². The third-order valence-corrected chi connectivity index (χ3v) is 6.37. The Bertz CT molecular complexity index is 1500. The maximum Gasteiger partial charge on any atom is 0.264 e. The quantitative estimate of drug-likeness (QED) is 0.367. The fraction of sp³-hybridized carbons (Fsp3) is 0. The van der Waals surface area contributed by atoms with Crippen molar-refractivity contribution in [2.75, 3.05) is 4.72 Å². The number of para-hydroxylation sites is 2. The zero-order chi connectivity index (χ0) is 22.0. The zero-order valence-corrected chi connectivity index (χ0v) is 17.7. The van der Waals surface area contributed by atoms with E-state index in [1.165, 1.54) is 12.1 Å². The highest BCUT2D eigenvalue weighted by molar-refractivity contribution is 7.92. The van der Waals surface area contributed by atoms with Crippen molar-refractivity contribution in [3.8, 4) is 5.69 Å². The van der Waals surface area contributed by atoms with Gasteiger partial charge in [-0.15, -0.1) is 0 Å². The molecule has 0 amide bonds. The Hall–Kier alpha value is -4.17. The Morgan fingerprint density at radius 1 is 0.938 bits per heavy atom. The second kappa shape index (κ2) is 8.16. The Morgan fingerprint density at radius 2 is 1.69 bits per heavy atom. The third kappa shape index (κ3) is 3.91. The fourth-order valence-electron chi connectivity index (χ4n) is 3.41. The van der Waals surface area contributed by atoms with Crippen molar-refractivity contribution < 1.29 is 8.42 Å². The molecular weight excluding hydrogens is 422 g/mol. The number of aliphatic imine (C=N–C) groups is 1. The Labute approximate surface area is 185 Å². The number of benzene rings is 3. The van der Waals surface area contributed by atoms with E-state index in [0.717, 1.165) is 22.2 Å². The highest BCUT2D eigenvalue weighted by Crippen LogP contribution is 2.22. The van der Waals surface area contributed by atoms with Crippen molar-refractivity contribution in [2.24, 2.45) is 4.99 Å². The van der Waals surface area contributed by atoms with Gasteiger partial charge in [-0.1, -0.05) is 36.4 Å². The number of nitrogens with zero attached hydrogens (tertiary/aromatic N) is 3. The van der Waals surface area contributed by atoms with Crippen LogP contribution in [-0.2, 0) is 10.0 Å². The summed E-state index contributed by atoms with van der Waals surface area (Å²) in [5, 5.41) is 1.08. The van der Waals surface area contributed by atoms with E-state index < -0.39 is 10.0 Å². The van der Waals surface area contributed by atoms with Crippen LogP contribution in [0.15, 0.2) is 107 Å². The van der Waals surface area contributed by atoms with Crippen LogP contribution in [0.1, 0.15) is 5.56 Å². The first-order chi connectivity index (χ1) is 15.6. The number of nitrogens with one attached hydrogen (secondary N) is 2. The molecule has 0 aliphatic carbocycles. The number of imidazole rings is 1. The van der Waals surface area contributed by atoms with Crippen molar-refractivity contribution in [1.82, 2.24) is 14.5 Å². The number of anilines is 1. The molecule has 5 rings (SSSR count). The maximum absolute atomic E-state index is 12.9. The van der Waals surface area contributed by atoms with Gasteiger partial charge in [0.2, 0.25) is 5.95 Å². The molecule has 0 saturated carbocycles. The van der Waals surface area contributed by atoms with E-state index in [-0.39, 0.29) is 10.8 Å². The average Bonchev–Trinajstić information content (AvgIpc) is 3.45. The fourth-order valence-corrected chi connectivity index (χ4v) is 4.41. The number of aromatic nitrogens is 3. The van der Waals surface area contributed by atoms with Gasteiger partial charge < -0.3 is 4.98 Å². The van der Waals surface area contributed by atoms with Gasteiger partial charge in [0.1, 0.15) is 0 Å². The summed E-state index contributed by atoms with van der Waals surface area (Å²) in [5.41, 5.74) is 3.46. The van der Waals surface area contributed by atoms with Gasteiger partial charge in [0.05, 0.1) is 10.6 Å². The van der Waals surface area contributed by atoms with Gasteiger partial charge in [0, 0.05) is 47.0 Å². The summed E-state index contributed by atoms with van der Waals surface area (Å²) < 4.78 is 30.0. The molecule has 5 aromatic rings. The predicted octanol–water partition coefficient (Wildman–Crippen LogP) is 4.91. The number of sulfonamides is 1. The van der Waals surface area contributed by atoms with Crippen LogP contribution in [0, 0.1) is 0 Å². The molecule has 2 N–H and O–H groups in total. The molecule has 0 aliphatic rings. The minimum Gasteiger partial charge on any atom is -0.361 e. The van der Waals surface area contributed by atoms with Gasteiger partial charge in [-0.25, -0.2) is 18.1 Å². The van der Waals surface area contributed by atoms with Crippen molar-refractivity contribution >= 4 is 38.8 Å². The molecule has 0 saturated heterocycles. The van der Waals surface area contributed by atoms with Crippen LogP contribution in [0.5, 0.6) is 0 Å². The van der Waals surface area contributed by atoms with Gasteiger partial charge >= 0.3 is 0 Å². The van der Waals surface area contributed by atoms with E-state index in [4.69, 9.17) is 0 Å². The van der Waals surface area contributed by atoms with Crippen LogP contribution in [0.25, 0.3) is 16.6 Å². The summed E-state index contributed by atoms with van der Waals surface area (Å²) in [6.07, 6.45) is 6.91. The first kappa shape index (κ1) is 19.8. The molecule has 0 radical (unpaired) electrons. The van der Waals surface area contributed by atoms with Crippen LogP contribution in [0.4, 0.5) is 11.6 Å². The molecule has 0 unspecified atom stereocenters. The number of H-pyrrole nitrogens is 1. The topological polar surface area (TPSA) is 92.1 Å². The summed E-state index contributed by atoms with van der Waals surface area (Å²) >= 11 is 0. The van der Waals surface area contributed by atoms with Crippen molar-refractivity contribution in [1.29, 1.82) is 0 Å². The smallest absolute Gasteiger partial charge is 0.264 e. The molecule has 158 valence electrons. The average molecular weight is 442 g/mol. The summed E-state index contributed by atoms with van der Waals surface area (Å²) in [4.78, 5) is 12.0. The molecule has 0 atom stereocenters. The lowest BCUT2D eigenvalue weighted by Gasteiger charge is -2.10. The normalized spacial score (nSPS) is 11.9. The van der Waals surface area contributed by atoms with Crippen LogP contribution in [-0.4, -0.2) is 29.2 Å². The van der Waals surface area contributed by atoms with Gasteiger partial charge in [-0.05, 0) is 42.5 Å². The van der Waals surface area contributed by atoms with E-state index in [1.54, 1.807) is 35.3 Å². The number of aromatic amines is 1. The second-order valence-electron chi connectivity index (χ2n) is 7.10. The van der Waals surface area contributed by atoms with Gasteiger partial charge in [-0.3, -0.25) is 9.56 Å². The molecule has 2 aromatic heterocycles. The first-order valence-electron chi connectivity index (χ1n) is 9.92. The lowest BCUT2D eigenvalue weighted by atomic mass is 10.2. The SMILES string of the molecule is O=S(=O)(Nc1nccn1-c1ccccc1)c1ccc(N=Cc2c[nH]c3ccccc23)cc1. The Morgan fingerprint density at radius 3 is 2.50 bits per heavy atom. The van der Waals surface area contributed by atoms with Crippen molar-refractivity contribution in [3.63, 3.8) is 0 Å². The minimum atomic E-state index is -3.81. The van der Waals surface area contributed by atoms with Gasteiger partial charge in [0.15, 0.2) is 0 Å². The molecule has 7 nitrogen and oxygen atoms in total. The molecule has 8 heteroatoms. The standard InChI is InChI=1S/C24H19N5O2S/c30-32(31,28-24-25-14-15-29(24)20-6-2-1-3-7-20)21-12-10-19(11-13-21)26-16-18-17-27-23-9-5-4-8-22(18)23/h1-17,27H,(H,25,28). The molecular formula is C24H19N5O2S. The number of hydrogen-bond donors (Lipinski definition) is 2. The van der Waals surface area contributed by atoms with Gasteiger partial charge in [-0.2, -0.15) is 0 Å². The summed E-state index contributed by atoms with van der Waals surface area (Å²) in [7, 11) is -3.81. The summed E-state index contributed by atoms with van der Waals surface area (Å²) in [6.45, 7) is 0. The van der Waals surface area contributed by atoms with Crippen molar-refractivity contribution in [2.45, 2.75) is 4.90 Å². The van der Waals surface area contributed by atoms with E-state index in [1.807, 2.05) is 60.8 Å². The summed E-state index contributed by atoms with van der Waals surface area (Å²) in [5.74, 6) is 0.220. The Balaban J connectivity index is 1.35. The van der Waals surface area contributed by atoms with Crippen LogP contribution >= 0.6 is 0 Å². The lowest BCUT2D eigenvalue weighted by molar-refractivity contribution is 0.600. The highest BCUT2D eigenvalue weighted by Gasteiger charge is 2.17. The minimum absolute atomic E-state index is 0.131. The third-order valence-electron chi connectivity index (χ3n) is 5.02. The van der Waals surface area contributed by atoms with E-state index in [2.05, 4.69) is 19.7 Å². The van der Waals surface area contributed by atoms with Crippen LogP contribution in [0.3, 0.4) is 0 Å².